The Morgan fingerprint density at radius 1 is 1.50 bits per heavy atom. The number of benzene rings is 1. The number of halogens is 1. The number of phenols is 1. The van der Waals surface area contributed by atoms with Gasteiger partial charge in [-0.1, -0.05) is 0 Å². The van der Waals surface area contributed by atoms with Crippen molar-refractivity contribution in [3.8, 4) is 5.75 Å². The SMILES string of the molecule is Cc1cc(F)cc(C(N)C2CC2)c1O. The maximum Gasteiger partial charge on any atom is 0.124 e. The van der Waals surface area contributed by atoms with Crippen molar-refractivity contribution in [2.75, 3.05) is 0 Å². The largest absolute Gasteiger partial charge is 0.507 e. The summed E-state index contributed by atoms with van der Waals surface area (Å²) in [4.78, 5) is 0. The van der Waals surface area contributed by atoms with E-state index in [1.165, 1.54) is 12.1 Å². The van der Waals surface area contributed by atoms with Gasteiger partial charge in [0, 0.05) is 11.6 Å². The second-order valence-corrected chi connectivity index (χ2v) is 4.02. The van der Waals surface area contributed by atoms with Crippen LogP contribution >= 0.6 is 0 Å². The van der Waals surface area contributed by atoms with Crippen LogP contribution in [-0.4, -0.2) is 5.11 Å². The van der Waals surface area contributed by atoms with Gasteiger partial charge in [0.15, 0.2) is 0 Å². The number of phenolic OH excluding ortho intramolecular Hbond substituents is 1. The molecule has 1 fully saturated rings. The standard InChI is InChI=1S/C11H14FNO/c1-6-4-8(12)5-9(11(6)14)10(13)7-2-3-7/h4-5,7,10,14H,2-3,13H2,1H3. The number of rotatable bonds is 2. The molecule has 0 radical (unpaired) electrons. The van der Waals surface area contributed by atoms with E-state index < -0.39 is 0 Å². The molecule has 0 amide bonds. The summed E-state index contributed by atoms with van der Waals surface area (Å²) in [6.45, 7) is 1.68. The molecule has 1 unspecified atom stereocenters. The summed E-state index contributed by atoms with van der Waals surface area (Å²) in [6, 6.07) is 2.44. The monoisotopic (exact) mass is 195 g/mol. The predicted molar refractivity (Wildman–Crippen MR) is 52.5 cm³/mol. The lowest BCUT2D eigenvalue weighted by molar-refractivity contribution is 0.448. The fourth-order valence-electron chi connectivity index (χ4n) is 1.72. The number of hydrogen-bond donors (Lipinski definition) is 2. The van der Waals surface area contributed by atoms with Gasteiger partial charge >= 0.3 is 0 Å². The van der Waals surface area contributed by atoms with Crippen LogP contribution in [-0.2, 0) is 0 Å². The molecule has 1 aromatic carbocycles. The van der Waals surface area contributed by atoms with Crippen molar-refractivity contribution in [1.82, 2.24) is 0 Å². The molecule has 2 rings (SSSR count). The highest BCUT2D eigenvalue weighted by Gasteiger charge is 2.31. The van der Waals surface area contributed by atoms with E-state index in [1.54, 1.807) is 6.92 Å². The molecule has 1 saturated carbocycles. The van der Waals surface area contributed by atoms with E-state index in [2.05, 4.69) is 0 Å². The van der Waals surface area contributed by atoms with E-state index in [9.17, 15) is 9.50 Å². The van der Waals surface area contributed by atoms with Crippen LogP contribution in [0, 0.1) is 18.7 Å². The van der Waals surface area contributed by atoms with Gasteiger partial charge in [0.1, 0.15) is 11.6 Å². The Morgan fingerprint density at radius 2 is 2.14 bits per heavy atom. The van der Waals surface area contributed by atoms with Gasteiger partial charge < -0.3 is 10.8 Å². The van der Waals surface area contributed by atoms with Crippen LogP contribution in [0.15, 0.2) is 12.1 Å². The molecule has 76 valence electrons. The summed E-state index contributed by atoms with van der Waals surface area (Å²) in [5, 5.41) is 9.72. The smallest absolute Gasteiger partial charge is 0.124 e. The van der Waals surface area contributed by atoms with Crippen LogP contribution in [0.5, 0.6) is 5.75 Å². The molecule has 1 aliphatic rings. The molecule has 0 heterocycles. The molecule has 2 nitrogen and oxygen atoms in total. The Morgan fingerprint density at radius 3 is 2.71 bits per heavy atom. The summed E-state index contributed by atoms with van der Waals surface area (Å²) in [5.74, 6) is 0.235. The fraction of sp³-hybridized carbons (Fsp3) is 0.455. The first-order chi connectivity index (χ1) is 6.59. The van der Waals surface area contributed by atoms with Crippen molar-refractivity contribution in [2.45, 2.75) is 25.8 Å². The van der Waals surface area contributed by atoms with Crippen molar-refractivity contribution < 1.29 is 9.50 Å². The molecule has 3 N–H and O–H groups in total. The first-order valence-electron chi connectivity index (χ1n) is 4.84. The molecule has 0 bridgehead atoms. The summed E-state index contributed by atoms with van der Waals surface area (Å²) >= 11 is 0. The van der Waals surface area contributed by atoms with Crippen LogP contribution in [0.3, 0.4) is 0 Å². The zero-order chi connectivity index (χ0) is 10.3. The lowest BCUT2D eigenvalue weighted by Crippen LogP contribution is -2.13. The topological polar surface area (TPSA) is 46.2 Å². The van der Waals surface area contributed by atoms with Crippen molar-refractivity contribution in [3.63, 3.8) is 0 Å². The van der Waals surface area contributed by atoms with Gasteiger partial charge in [0.25, 0.3) is 0 Å². The maximum absolute atomic E-state index is 13.1. The third kappa shape index (κ3) is 1.60. The molecular formula is C11H14FNO. The van der Waals surface area contributed by atoms with E-state index in [1.807, 2.05) is 0 Å². The molecule has 1 aromatic rings. The predicted octanol–water partition coefficient (Wildman–Crippen LogP) is 2.25. The van der Waals surface area contributed by atoms with E-state index in [0.717, 1.165) is 12.8 Å². The molecule has 0 spiro atoms. The van der Waals surface area contributed by atoms with Crippen LogP contribution in [0.2, 0.25) is 0 Å². The molecule has 1 aliphatic carbocycles. The highest BCUT2D eigenvalue weighted by atomic mass is 19.1. The van der Waals surface area contributed by atoms with Crippen molar-refractivity contribution in [1.29, 1.82) is 0 Å². The highest BCUT2D eigenvalue weighted by Crippen LogP contribution is 2.42. The van der Waals surface area contributed by atoms with Gasteiger partial charge in [-0.05, 0) is 43.4 Å². The quantitative estimate of drug-likeness (QED) is 0.760. The zero-order valence-electron chi connectivity index (χ0n) is 8.13. The first-order valence-corrected chi connectivity index (χ1v) is 4.84. The van der Waals surface area contributed by atoms with Gasteiger partial charge in [0.05, 0.1) is 0 Å². The number of aryl methyl sites for hydroxylation is 1. The lowest BCUT2D eigenvalue weighted by atomic mass is 9.99. The van der Waals surface area contributed by atoms with Gasteiger partial charge in [-0.15, -0.1) is 0 Å². The Hall–Kier alpha value is -1.09. The van der Waals surface area contributed by atoms with Crippen molar-refractivity contribution >= 4 is 0 Å². The van der Waals surface area contributed by atoms with Gasteiger partial charge in [-0.2, -0.15) is 0 Å². The molecule has 0 aliphatic heterocycles. The molecule has 0 aromatic heterocycles. The number of aromatic hydroxyl groups is 1. The molecular weight excluding hydrogens is 181 g/mol. The van der Waals surface area contributed by atoms with Crippen LogP contribution in [0.1, 0.15) is 30.0 Å². The minimum Gasteiger partial charge on any atom is -0.507 e. The van der Waals surface area contributed by atoms with Crippen LogP contribution in [0.4, 0.5) is 4.39 Å². The second kappa shape index (κ2) is 3.24. The third-order valence-electron chi connectivity index (χ3n) is 2.78. The normalized spacial score (nSPS) is 18.2. The lowest BCUT2D eigenvalue weighted by Gasteiger charge is -2.14. The second-order valence-electron chi connectivity index (χ2n) is 4.02. The van der Waals surface area contributed by atoms with Gasteiger partial charge in [-0.25, -0.2) is 4.39 Å². The van der Waals surface area contributed by atoms with Crippen molar-refractivity contribution in [2.24, 2.45) is 11.7 Å². The molecule has 1 atom stereocenters. The molecule has 14 heavy (non-hydrogen) atoms. The average Bonchev–Trinajstić information content (AvgIpc) is 2.93. The minimum atomic E-state index is -0.327. The number of hydrogen-bond acceptors (Lipinski definition) is 2. The Kier molecular flexibility index (Phi) is 2.19. The fourth-order valence-corrected chi connectivity index (χ4v) is 1.72. The van der Waals surface area contributed by atoms with Gasteiger partial charge in [-0.3, -0.25) is 0 Å². The van der Waals surface area contributed by atoms with Gasteiger partial charge in [0.2, 0.25) is 0 Å². The summed E-state index contributed by atoms with van der Waals surface area (Å²) in [5.41, 5.74) is 7.01. The van der Waals surface area contributed by atoms with Crippen LogP contribution < -0.4 is 5.73 Å². The summed E-state index contributed by atoms with van der Waals surface area (Å²) in [6.07, 6.45) is 2.16. The zero-order valence-corrected chi connectivity index (χ0v) is 8.13. The third-order valence-corrected chi connectivity index (χ3v) is 2.78. The van der Waals surface area contributed by atoms with E-state index in [-0.39, 0.29) is 17.6 Å². The van der Waals surface area contributed by atoms with E-state index in [4.69, 9.17) is 5.73 Å². The Labute approximate surface area is 82.5 Å². The summed E-state index contributed by atoms with van der Waals surface area (Å²) in [7, 11) is 0. The Balaban J connectivity index is 2.39. The highest BCUT2D eigenvalue weighted by molar-refractivity contribution is 5.42. The van der Waals surface area contributed by atoms with E-state index >= 15 is 0 Å². The maximum atomic E-state index is 13.1. The molecule has 0 saturated heterocycles. The first kappa shape index (κ1) is 9.46. The minimum absolute atomic E-state index is 0.144. The van der Waals surface area contributed by atoms with Crippen molar-refractivity contribution in [3.05, 3.63) is 29.1 Å². The number of nitrogens with two attached hydrogens (primary N) is 1. The van der Waals surface area contributed by atoms with E-state index in [0.29, 0.717) is 17.0 Å². The Bertz CT molecular complexity index is 361. The van der Waals surface area contributed by atoms with Crippen LogP contribution in [0.25, 0.3) is 0 Å². The summed E-state index contributed by atoms with van der Waals surface area (Å²) < 4.78 is 13.1. The average molecular weight is 195 g/mol. The molecule has 3 heteroatoms.